The van der Waals surface area contributed by atoms with Crippen molar-refractivity contribution >= 4 is 11.1 Å². The second-order valence-corrected chi connectivity index (χ2v) is 11.5. The average Bonchev–Trinajstić information content (AvgIpc) is 3.58. The van der Waals surface area contributed by atoms with Crippen LogP contribution >= 0.6 is 0 Å². The van der Waals surface area contributed by atoms with Gasteiger partial charge in [0, 0.05) is 22.3 Å². The van der Waals surface area contributed by atoms with Gasteiger partial charge >= 0.3 is 12.4 Å². The number of hydrogen-bond donors (Lipinski definition) is 0. The molecule has 0 aliphatic heterocycles. The summed E-state index contributed by atoms with van der Waals surface area (Å²) in [5.74, 6) is -3.01. The first-order valence-electron chi connectivity index (χ1n) is 14.8. The molecule has 14 heteroatoms. The Kier molecular flexibility index (Phi) is 7.52. The van der Waals surface area contributed by atoms with Gasteiger partial charge in [0.25, 0.3) is 0 Å². The molecule has 6 nitrogen and oxygen atoms in total. The van der Waals surface area contributed by atoms with Crippen LogP contribution in [0.25, 0.3) is 55.9 Å². The highest BCUT2D eigenvalue weighted by Gasteiger charge is 2.38. The zero-order valence-electron chi connectivity index (χ0n) is 25.6. The molecule has 0 fully saturated rings. The van der Waals surface area contributed by atoms with E-state index in [0.717, 1.165) is 12.1 Å². The van der Waals surface area contributed by atoms with Crippen LogP contribution in [0.15, 0.2) is 83.9 Å². The van der Waals surface area contributed by atoms with Gasteiger partial charge < -0.3 is 0 Å². The van der Waals surface area contributed by atoms with Crippen molar-refractivity contribution in [1.29, 1.82) is 21.0 Å². The molecule has 0 saturated heterocycles. The smallest absolute Gasteiger partial charge is 0.243 e. The van der Waals surface area contributed by atoms with Gasteiger partial charge in [-0.25, -0.2) is 18.7 Å². The molecule has 250 valence electrons. The molecule has 0 unspecified atom stereocenters. The predicted molar refractivity (Wildman–Crippen MR) is 168 cm³/mol. The van der Waals surface area contributed by atoms with Crippen molar-refractivity contribution in [3.8, 4) is 69.0 Å². The van der Waals surface area contributed by atoms with E-state index in [1.807, 2.05) is 24.3 Å². The van der Waals surface area contributed by atoms with Gasteiger partial charge in [-0.2, -0.15) is 47.4 Å². The van der Waals surface area contributed by atoms with Gasteiger partial charge in [0.2, 0.25) is 0 Å². The third-order valence-corrected chi connectivity index (χ3v) is 8.62. The first-order chi connectivity index (χ1) is 24.7. The molecule has 2 aliphatic carbocycles. The number of benzene rings is 4. The summed E-state index contributed by atoms with van der Waals surface area (Å²) in [6.45, 7) is 0. The minimum Gasteiger partial charge on any atom is -0.243 e. The van der Waals surface area contributed by atoms with E-state index < -0.39 is 46.3 Å². The lowest BCUT2D eigenvalue weighted by Crippen LogP contribution is -2.07. The molecule has 0 spiro atoms. The maximum absolute atomic E-state index is 14.5. The van der Waals surface area contributed by atoms with E-state index in [9.17, 15) is 56.2 Å². The van der Waals surface area contributed by atoms with Crippen molar-refractivity contribution < 1.29 is 35.1 Å². The first kappa shape index (κ1) is 33.3. The number of nitriles is 4. The van der Waals surface area contributed by atoms with Gasteiger partial charge in [-0.1, -0.05) is 36.4 Å². The van der Waals surface area contributed by atoms with Crippen molar-refractivity contribution in [3.63, 3.8) is 0 Å². The Morgan fingerprint density at radius 1 is 0.442 bits per heavy atom. The molecule has 52 heavy (non-hydrogen) atoms. The van der Waals surface area contributed by atoms with Crippen molar-refractivity contribution in [2.75, 3.05) is 0 Å². The number of alkyl halides is 6. The van der Waals surface area contributed by atoms with Crippen LogP contribution in [0.4, 0.5) is 35.1 Å². The lowest BCUT2D eigenvalue weighted by molar-refractivity contribution is -0.140. The Bertz CT molecular complexity index is 2460. The highest BCUT2D eigenvalue weighted by atomic mass is 19.4. The molecule has 0 saturated carbocycles. The van der Waals surface area contributed by atoms with Gasteiger partial charge in [0.15, 0.2) is 0 Å². The van der Waals surface area contributed by atoms with E-state index >= 15 is 0 Å². The minimum absolute atomic E-state index is 0.0242. The monoisotopic (exact) mass is 704 g/mol. The summed E-state index contributed by atoms with van der Waals surface area (Å²) >= 11 is 0. The summed E-state index contributed by atoms with van der Waals surface area (Å²) in [6.07, 6.45) is -9.84. The van der Waals surface area contributed by atoms with Gasteiger partial charge in [-0.05, 0) is 69.8 Å². The summed E-state index contributed by atoms with van der Waals surface area (Å²) < 4.78 is 108. The second kappa shape index (κ2) is 11.7. The number of allylic oxidation sites excluding steroid dienone is 2. The minimum atomic E-state index is -4.92. The molecule has 5 aromatic rings. The Labute approximate surface area is 287 Å². The molecule has 0 atom stereocenters. The van der Waals surface area contributed by atoms with E-state index in [-0.39, 0.29) is 67.3 Å². The number of aromatic nitrogens is 2. The van der Waals surface area contributed by atoms with E-state index in [2.05, 4.69) is 0 Å². The molecular weight excluding hydrogens is 692 g/mol. The van der Waals surface area contributed by atoms with Crippen LogP contribution in [0.1, 0.15) is 33.6 Å². The normalized spacial score (nSPS) is 12.5. The van der Waals surface area contributed by atoms with Gasteiger partial charge in [0.05, 0.1) is 22.5 Å². The SMILES string of the molecule is N#CC(C#N)=C1c2cc(-c3ccc(C(F)(F)F)c(F)c3)ccc2-c2nc3c(nc21)-c1ccc(-c2ccc(C(F)(F)F)c(F)c2)cc1C3=C(C#N)C#N. The topological polar surface area (TPSA) is 121 Å². The Morgan fingerprint density at radius 3 is 1.08 bits per heavy atom. The fourth-order valence-corrected chi connectivity index (χ4v) is 6.32. The summed E-state index contributed by atoms with van der Waals surface area (Å²) in [7, 11) is 0. The second-order valence-electron chi connectivity index (χ2n) is 11.5. The fraction of sp³-hybridized carbons (Fsp3) is 0.0526. The van der Waals surface area contributed by atoms with Gasteiger partial charge in [-0.15, -0.1) is 0 Å². The predicted octanol–water partition coefficient (Wildman–Crippen LogP) is 9.79. The largest absolute Gasteiger partial charge is 0.419 e. The Balaban J connectivity index is 1.42. The standard InChI is InChI=1S/C38H12F8N6/c39-29-11-19(3-7-27(29)37(41,42)43)17-1-5-23-25(9-17)31(21(13-47)14-48)35-33(23)51-36-32(22(15-49)16-50)26-10-18(2-6-24(26)34(36)52-35)20-4-8-28(30(40)12-20)38(44,45)46/h1-12H. The average molecular weight is 705 g/mol. The fourth-order valence-electron chi connectivity index (χ4n) is 6.32. The number of halogens is 8. The van der Waals surface area contributed by atoms with Crippen LogP contribution in [-0.4, -0.2) is 9.97 Å². The third-order valence-electron chi connectivity index (χ3n) is 8.62. The molecule has 4 aromatic carbocycles. The Hall–Kier alpha value is -7.16. The highest BCUT2D eigenvalue weighted by Crippen LogP contribution is 2.51. The zero-order chi connectivity index (χ0) is 37.3. The number of hydrogen-bond acceptors (Lipinski definition) is 6. The number of nitrogens with zero attached hydrogens (tertiary/aromatic N) is 6. The lowest BCUT2D eigenvalue weighted by atomic mass is 9.95. The molecule has 1 aromatic heterocycles. The molecule has 2 aliphatic rings. The molecular formula is C38H12F8N6. The van der Waals surface area contributed by atoms with Crippen LogP contribution in [0, 0.1) is 57.0 Å². The highest BCUT2D eigenvalue weighted by molar-refractivity contribution is 6.07. The number of rotatable bonds is 2. The van der Waals surface area contributed by atoms with E-state index in [4.69, 9.17) is 9.97 Å². The van der Waals surface area contributed by atoms with Crippen LogP contribution in [0.3, 0.4) is 0 Å². The van der Waals surface area contributed by atoms with Crippen LogP contribution in [0.2, 0.25) is 0 Å². The maximum Gasteiger partial charge on any atom is 0.419 e. The van der Waals surface area contributed by atoms with E-state index in [1.165, 1.54) is 36.4 Å². The Morgan fingerprint density at radius 2 is 0.769 bits per heavy atom. The van der Waals surface area contributed by atoms with Crippen molar-refractivity contribution in [2.24, 2.45) is 0 Å². The quantitative estimate of drug-likeness (QED) is 0.131. The van der Waals surface area contributed by atoms with Crippen molar-refractivity contribution in [1.82, 2.24) is 9.97 Å². The maximum atomic E-state index is 14.5. The molecule has 7 rings (SSSR count). The first-order valence-corrected chi connectivity index (χ1v) is 14.8. The van der Waals surface area contributed by atoms with Gasteiger partial charge in [0.1, 0.15) is 58.4 Å². The van der Waals surface area contributed by atoms with Crippen LogP contribution < -0.4 is 0 Å². The molecule has 0 amide bonds. The van der Waals surface area contributed by atoms with Crippen LogP contribution in [-0.2, 0) is 12.4 Å². The molecule has 0 N–H and O–H groups in total. The van der Waals surface area contributed by atoms with E-state index in [1.54, 1.807) is 0 Å². The van der Waals surface area contributed by atoms with E-state index in [0.29, 0.717) is 35.4 Å². The van der Waals surface area contributed by atoms with Gasteiger partial charge in [-0.3, -0.25) is 0 Å². The molecule has 1 heterocycles. The summed E-state index contributed by atoms with van der Waals surface area (Å²) in [6, 6.07) is 20.9. The number of fused-ring (bicyclic) bond motifs is 6. The zero-order valence-corrected chi connectivity index (χ0v) is 25.6. The third kappa shape index (κ3) is 5.14. The summed E-state index contributed by atoms with van der Waals surface area (Å²) in [4.78, 5) is 9.51. The summed E-state index contributed by atoms with van der Waals surface area (Å²) in [5.41, 5.74) is -1.54. The molecule has 0 radical (unpaired) electrons. The van der Waals surface area contributed by atoms with Crippen LogP contribution in [0.5, 0.6) is 0 Å². The van der Waals surface area contributed by atoms with Crippen molar-refractivity contribution in [2.45, 2.75) is 12.4 Å². The lowest BCUT2D eigenvalue weighted by Gasteiger charge is -2.11. The van der Waals surface area contributed by atoms with Crippen molar-refractivity contribution in [3.05, 3.63) is 129 Å². The summed E-state index contributed by atoms with van der Waals surface area (Å²) in [5, 5.41) is 39.7. The molecule has 0 bridgehead atoms.